The van der Waals surface area contributed by atoms with Gasteiger partial charge in [-0.2, -0.15) is 0 Å². The number of piperidine rings is 1. The molecule has 4 N–H and O–H groups in total. The molecule has 4 heterocycles. The van der Waals surface area contributed by atoms with Crippen molar-refractivity contribution in [1.29, 1.82) is 0 Å². The summed E-state index contributed by atoms with van der Waals surface area (Å²) in [5.41, 5.74) is 6.92. The van der Waals surface area contributed by atoms with Crippen LogP contribution in [0.4, 0.5) is 11.6 Å². The Hall–Kier alpha value is -1.69. The molecular formula is C24H35ClN6O3S. The van der Waals surface area contributed by atoms with Crippen LogP contribution in [0, 0.1) is 5.41 Å². The first kappa shape index (κ1) is 26.4. The van der Waals surface area contributed by atoms with Gasteiger partial charge in [0.2, 0.25) is 0 Å². The standard InChI is InChI=1S/C24H35ClN6O3S/c1-24(19(26)15-34-2)6-10-30(11-7-24)22-17(14-33)29-20(12-28-22)35-18-5-8-27-23(21(18)25)31-9-3-4-16(31)13-32/h5,8,12,16,19,32-33H,3-4,6-7,9-11,13-15,26H2,1-2H3. The number of halogens is 1. The van der Waals surface area contributed by atoms with Gasteiger partial charge in [0, 0.05) is 43.9 Å². The second-order valence-electron chi connectivity index (χ2n) is 9.56. The predicted molar refractivity (Wildman–Crippen MR) is 138 cm³/mol. The SMILES string of the molecule is COCC(N)C1(C)CCN(c2ncc(Sc3ccnc(N4CCCC4CO)c3Cl)nc2CO)CC1. The topological polar surface area (TPSA) is 121 Å². The minimum absolute atomic E-state index is 0.00921. The highest BCUT2D eigenvalue weighted by molar-refractivity contribution is 7.99. The molecule has 192 valence electrons. The Morgan fingerprint density at radius 3 is 2.71 bits per heavy atom. The van der Waals surface area contributed by atoms with Gasteiger partial charge >= 0.3 is 0 Å². The van der Waals surface area contributed by atoms with Gasteiger partial charge in [0.1, 0.15) is 16.5 Å². The molecule has 2 aromatic heterocycles. The number of aliphatic hydroxyl groups excluding tert-OH is 2. The maximum atomic E-state index is 10.1. The molecule has 0 bridgehead atoms. The fourth-order valence-corrected chi connectivity index (χ4v) is 6.05. The van der Waals surface area contributed by atoms with E-state index in [1.54, 1.807) is 19.5 Å². The van der Waals surface area contributed by atoms with Crippen molar-refractivity contribution in [3.05, 3.63) is 29.2 Å². The van der Waals surface area contributed by atoms with Crippen LogP contribution in [0.3, 0.4) is 0 Å². The van der Waals surface area contributed by atoms with Gasteiger partial charge < -0.3 is 30.5 Å². The molecule has 0 spiro atoms. The van der Waals surface area contributed by atoms with E-state index in [-0.39, 0.29) is 30.7 Å². The van der Waals surface area contributed by atoms with Gasteiger partial charge in [0.05, 0.1) is 37.1 Å². The van der Waals surface area contributed by atoms with Crippen molar-refractivity contribution in [3.63, 3.8) is 0 Å². The van der Waals surface area contributed by atoms with Gasteiger partial charge in [-0.3, -0.25) is 0 Å². The summed E-state index contributed by atoms with van der Waals surface area (Å²) in [4.78, 5) is 18.9. The highest BCUT2D eigenvalue weighted by atomic mass is 35.5. The predicted octanol–water partition coefficient (Wildman–Crippen LogP) is 2.71. The van der Waals surface area contributed by atoms with Crippen LogP contribution in [-0.2, 0) is 11.3 Å². The first-order valence-corrected chi connectivity index (χ1v) is 13.3. The molecule has 11 heteroatoms. The van der Waals surface area contributed by atoms with E-state index in [2.05, 4.69) is 26.7 Å². The summed E-state index contributed by atoms with van der Waals surface area (Å²) < 4.78 is 5.26. The van der Waals surface area contributed by atoms with E-state index < -0.39 is 0 Å². The number of anilines is 2. The lowest BCUT2D eigenvalue weighted by Crippen LogP contribution is -2.50. The molecule has 2 aliphatic heterocycles. The van der Waals surface area contributed by atoms with E-state index in [0.29, 0.717) is 34.0 Å². The maximum Gasteiger partial charge on any atom is 0.152 e. The van der Waals surface area contributed by atoms with Crippen LogP contribution in [-0.4, -0.2) is 77.2 Å². The van der Waals surface area contributed by atoms with Crippen LogP contribution in [0.2, 0.25) is 5.02 Å². The molecule has 2 saturated heterocycles. The van der Waals surface area contributed by atoms with Crippen LogP contribution in [0.5, 0.6) is 0 Å². The molecule has 0 aromatic carbocycles. The largest absolute Gasteiger partial charge is 0.394 e. The summed E-state index contributed by atoms with van der Waals surface area (Å²) in [6.45, 7) is 5.05. The molecular weight excluding hydrogens is 488 g/mol. The number of aromatic nitrogens is 3. The zero-order valence-electron chi connectivity index (χ0n) is 20.4. The van der Waals surface area contributed by atoms with Crippen LogP contribution in [0.25, 0.3) is 0 Å². The van der Waals surface area contributed by atoms with E-state index in [1.807, 2.05) is 6.07 Å². The number of hydrogen-bond donors (Lipinski definition) is 3. The minimum atomic E-state index is -0.199. The lowest BCUT2D eigenvalue weighted by atomic mass is 9.74. The quantitative estimate of drug-likeness (QED) is 0.453. The molecule has 2 aliphatic rings. The number of hydrogen-bond acceptors (Lipinski definition) is 10. The summed E-state index contributed by atoms with van der Waals surface area (Å²) in [6, 6.07) is 1.87. The number of ether oxygens (including phenoxy) is 1. The minimum Gasteiger partial charge on any atom is -0.394 e. The zero-order chi connectivity index (χ0) is 25.0. The normalized spacial score (nSPS) is 20.9. The maximum absolute atomic E-state index is 10.1. The van der Waals surface area contributed by atoms with E-state index in [4.69, 9.17) is 27.1 Å². The summed E-state index contributed by atoms with van der Waals surface area (Å²) in [5.74, 6) is 1.40. The number of rotatable bonds is 9. The molecule has 35 heavy (non-hydrogen) atoms. The highest BCUT2D eigenvalue weighted by Gasteiger charge is 2.36. The third-order valence-electron chi connectivity index (χ3n) is 7.31. The summed E-state index contributed by atoms with van der Waals surface area (Å²) in [5, 5.41) is 20.9. The Kier molecular flexibility index (Phi) is 8.72. The molecule has 0 amide bonds. The van der Waals surface area contributed by atoms with Gasteiger partial charge in [-0.05, 0) is 37.2 Å². The smallest absolute Gasteiger partial charge is 0.152 e. The molecule has 2 fully saturated rings. The van der Waals surface area contributed by atoms with Crippen LogP contribution in [0.15, 0.2) is 28.4 Å². The third kappa shape index (κ3) is 5.68. The average molecular weight is 523 g/mol. The van der Waals surface area contributed by atoms with Crippen molar-refractivity contribution in [2.24, 2.45) is 11.1 Å². The van der Waals surface area contributed by atoms with Gasteiger partial charge in [-0.1, -0.05) is 30.3 Å². The summed E-state index contributed by atoms with van der Waals surface area (Å²) >= 11 is 8.13. The van der Waals surface area contributed by atoms with Gasteiger partial charge in [-0.15, -0.1) is 0 Å². The highest BCUT2D eigenvalue weighted by Crippen LogP contribution is 2.40. The van der Waals surface area contributed by atoms with Crippen LogP contribution >= 0.6 is 23.4 Å². The molecule has 2 atom stereocenters. The van der Waals surface area contributed by atoms with E-state index in [1.165, 1.54) is 11.8 Å². The number of nitrogens with zero attached hydrogens (tertiary/aromatic N) is 5. The molecule has 0 saturated carbocycles. The molecule has 4 rings (SSSR count). The molecule has 2 unspecified atom stereocenters. The summed E-state index contributed by atoms with van der Waals surface area (Å²) in [7, 11) is 1.68. The molecule has 9 nitrogen and oxygen atoms in total. The van der Waals surface area contributed by atoms with Crippen LogP contribution in [0.1, 0.15) is 38.3 Å². The monoisotopic (exact) mass is 522 g/mol. The second-order valence-corrected chi connectivity index (χ2v) is 11.0. The average Bonchev–Trinajstić information content (AvgIpc) is 3.35. The Labute approximate surface area is 216 Å². The van der Waals surface area contributed by atoms with Crippen molar-refractivity contribution in [1.82, 2.24) is 15.0 Å². The Morgan fingerprint density at radius 2 is 2.03 bits per heavy atom. The summed E-state index contributed by atoms with van der Waals surface area (Å²) in [6.07, 6.45) is 7.22. The van der Waals surface area contributed by atoms with Crippen molar-refractivity contribution < 1.29 is 14.9 Å². The molecule has 0 radical (unpaired) electrons. The van der Waals surface area contributed by atoms with E-state index in [9.17, 15) is 10.2 Å². The molecule has 2 aromatic rings. The van der Waals surface area contributed by atoms with Gasteiger partial charge in [-0.25, -0.2) is 15.0 Å². The fourth-order valence-electron chi connectivity index (χ4n) is 4.91. The number of nitrogens with two attached hydrogens (primary N) is 1. The van der Waals surface area contributed by atoms with Crippen molar-refractivity contribution in [2.45, 2.75) is 61.2 Å². The third-order valence-corrected chi connectivity index (χ3v) is 8.76. The lowest BCUT2D eigenvalue weighted by Gasteiger charge is -2.43. The number of methoxy groups -OCH3 is 1. The first-order valence-electron chi connectivity index (χ1n) is 12.1. The second kappa shape index (κ2) is 11.6. The van der Waals surface area contributed by atoms with E-state index in [0.717, 1.165) is 50.2 Å². The van der Waals surface area contributed by atoms with Crippen molar-refractivity contribution in [3.8, 4) is 0 Å². The number of aliphatic hydroxyl groups is 2. The van der Waals surface area contributed by atoms with Gasteiger partial charge in [0.15, 0.2) is 5.82 Å². The Morgan fingerprint density at radius 1 is 1.26 bits per heavy atom. The molecule has 0 aliphatic carbocycles. The van der Waals surface area contributed by atoms with Crippen molar-refractivity contribution >= 4 is 35.0 Å². The first-order chi connectivity index (χ1) is 16.9. The van der Waals surface area contributed by atoms with E-state index >= 15 is 0 Å². The zero-order valence-corrected chi connectivity index (χ0v) is 21.9. The Balaban J connectivity index is 1.49. The Bertz CT molecular complexity index is 1010. The van der Waals surface area contributed by atoms with Crippen molar-refractivity contribution in [2.75, 3.05) is 49.8 Å². The van der Waals surface area contributed by atoms with Gasteiger partial charge in [0.25, 0.3) is 0 Å². The fraction of sp³-hybridized carbons (Fsp3) is 0.625. The lowest BCUT2D eigenvalue weighted by molar-refractivity contribution is 0.0991. The number of pyridine rings is 1. The van der Waals surface area contributed by atoms with Crippen LogP contribution < -0.4 is 15.5 Å².